The number of carbonyl (C=O) groups is 1. The van der Waals surface area contributed by atoms with Crippen molar-refractivity contribution in [2.75, 3.05) is 39.6 Å². The van der Waals surface area contributed by atoms with Crippen molar-refractivity contribution in [1.82, 2.24) is 0 Å². The minimum atomic E-state index is -0.125. The Bertz CT molecular complexity index is 102. The Morgan fingerprint density at radius 1 is 1.08 bits per heavy atom. The second-order valence-corrected chi connectivity index (χ2v) is 2.09. The van der Waals surface area contributed by atoms with Crippen LogP contribution < -0.4 is 0 Å². The van der Waals surface area contributed by atoms with E-state index >= 15 is 0 Å². The summed E-state index contributed by atoms with van der Waals surface area (Å²) in [4.78, 5) is 10.4. The van der Waals surface area contributed by atoms with E-state index in [-0.39, 0.29) is 32.2 Å². The van der Waals surface area contributed by atoms with E-state index in [0.717, 1.165) is 0 Å². The number of hydrogen-bond donors (Lipinski definition) is 2. The molecular weight excluding hydrogens is 164 g/mol. The summed E-state index contributed by atoms with van der Waals surface area (Å²) >= 11 is 0. The van der Waals surface area contributed by atoms with Gasteiger partial charge in [-0.1, -0.05) is 0 Å². The molecule has 0 saturated carbocycles. The van der Waals surface area contributed by atoms with Gasteiger partial charge in [-0.25, -0.2) is 0 Å². The smallest absolute Gasteiger partial charge is 0.183 e. The van der Waals surface area contributed by atoms with E-state index in [1.54, 1.807) is 0 Å². The van der Waals surface area contributed by atoms with E-state index < -0.39 is 0 Å². The van der Waals surface area contributed by atoms with Crippen LogP contribution in [-0.2, 0) is 14.3 Å². The van der Waals surface area contributed by atoms with Gasteiger partial charge in [0.2, 0.25) is 0 Å². The molecule has 0 aromatic heterocycles. The zero-order valence-electron chi connectivity index (χ0n) is 6.86. The molecule has 12 heavy (non-hydrogen) atoms. The maximum absolute atomic E-state index is 10.4. The molecule has 72 valence electrons. The van der Waals surface area contributed by atoms with Crippen molar-refractivity contribution in [3.8, 4) is 0 Å². The van der Waals surface area contributed by atoms with E-state index in [4.69, 9.17) is 19.7 Å². The van der Waals surface area contributed by atoms with Gasteiger partial charge in [-0.15, -0.1) is 0 Å². The third kappa shape index (κ3) is 7.62. The molecule has 1 saturated heterocycles. The van der Waals surface area contributed by atoms with Crippen LogP contribution in [0.4, 0.5) is 0 Å². The lowest BCUT2D eigenvalue weighted by atomic mass is 10.5. The lowest BCUT2D eigenvalue weighted by Gasteiger charge is -1.90. The lowest BCUT2D eigenvalue weighted by Crippen LogP contribution is -2.09. The zero-order chi connectivity index (χ0) is 9.23. The van der Waals surface area contributed by atoms with Crippen LogP contribution in [0.15, 0.2) is 0 Å². The Hall–Kier alpha value is -0.490. The molecule has 2 N–H and O–H groups in total. The van der Waals surface area contributed by atoms with Crippen molar-refractivity contribution >= 4 is 5.78 Å². The number of Topliss-reactive ketones (excluding diaryl/α,β-unsaturated/α-hetero) is 1. The Balaban J connectivity index is 0.000000261. The van der Waals surface area contributed by atoms with Crippen LogP contribution in [0.25, 0.3) is 0 Å². The average molecular weight is 178 g/mol. The molecule has 0 atom stereocenters. The van der Waals surface area contributed by atoms with Crippen molar-refractivity contribution < 1.29 is 24.5 Å². The molecule has 1 aliphatic rings. The SMILES string of the molecule is O=C1COCCOC1.OCCO. The van der Waals surface area contributed by atoms with Crippen molar-refractivity contribution in [2.45, 2.75) is 0 Å². The fraction of sp³-hybridized carbons (Fsp3) is 0.857. The average Bonchev–Trinajstić information content (AvgIpc) is 2.33. The van der Waals surface area contributed by atoms with Crippen LogP contribution in [0.3, 0.4) is 0 Å². The molecule has 5 nitrogen and oxygen atoms in total. The van der Waals surface area contributed by atoms with E-state index in [2.05, 4.69) is 0 Å². The maximum atomic E-state index is 10.4. The lowest BCUT2D eigenvalue weighted by molar-refractivity contribution is -0.124. The molecule has 1 aliphatic heterocycles. The molecule has 0 aromatic rings. The number of aliphatic hydroxyl groups is 2. The standard InChI is InChI=1S/C5H8O3.C2H6O2/c6-5-3-7-1-2-8-4-5;3-1-2-4/h1-4H2;3-4H,1-2H2. The number of carbonyl (C=O) groups excluding carboxylic acids is 1. The molecule has 1 fully saturated rings. The fourth-order valence-electron chi connectivity index (χ4n) is 0.532. The Morgan fingerprint density at radius 3 is 1.83 bits per heavy atom. The van der Waals surface area contributed by atoms with Crippen LogP contribution in [-0.4, -0.2) is 55.6 Å². The van der Waals surface area contributed by atoms with Crippen molar-refractivity contribution in [2.24, 2.45) is 0 Å². The van der Waals surface area contributed by atoms with Gasteiger partial charge in [-0.05, 0) is 0 Å². The van der Waals surface area contributed by atoms with Gasteiger partial charge in [0.15, 0.2) is 5.78 Å². The van der Waals surface area contributed by atoms with Crippen LogP contribution in [0, 0.1) is 0 Å². The first kappa shape index (κ1) is 11.5. The number of rotatable bonds is 1. The molecule has 5 heteroatoms. The highest BCUT2D eigenvalue weighted by Gasteiger charge is 2.05. The summed E-state index contributed by atoms with van der Waals surface area (Å²) in [6, 6.07) is 0. The molecule has 0 unspecified atom stereocenters. The highest BCUT2D eigenvalue weighted by Crippen LogP contribution is 1.87. The predicted octanol–water partition coefficient (Wildman–Crippen LogP) is -1.43. The van der Waals surface area contributed by atoms with Crippen LogP contribution >= 0.6 is 0 Å². The monoisotopic (exact) mass is 178 g/mol. The third-order valence-corrected chi connectivity index (χ3v) is 0.998. The van der Waals surface area contributed by atoms with Gasteiger partial charge in [-0.3, -0.25) is 4.79 Å². The molecule has 1 rings (SSSR count). The quantitative estimate of drug-likeness (QED) is 0.515. The summed E-state index contributed by atoms with van der Waals surface area (Å²) < 4.78 is 9.66. The highest BCUT2D eigenvalue weighted by molar-refractivity contribution is 5.80. The van der Waals surface area contributed by atoms with Gasteiger partial charge < -0.3 is 19.7 Å². The Kier molecular flexibility index (Phi) is 8.25. The molecule has 0 radical (unpaired) electrons. The Labute approximate surface area is 70.9 Å². The van der Waals surface area contributed by atoms with Gasteiger partial charge in [0.1, 0.15) is 13.2 Å². The number of ketones is 1. The fourth-order valence-corrected chi connectivity index (χ4v) is 0.532. The Morgan fingerprint density at radius 2 is 1.50 bits per heavy atom. The largest absolute Gasteiger partial charge is 0.394 e. The molecule has 0 aromatic carbocycles. The summed E-state index contributed by atoms with van der Waals surface area (Å²) in [6.07, 6.45) is 0. The van der Waals surface area contributed by atoms with Gasteiger partial charge in [-0.2, -0.15) is 0 Å². The van der Waals surface area contributed by atoms with E-state index in [1.165, 1.54) is 0 Å². The molecule has 0 bridgehead atoms. The predicted molar refractivity (Wildman–Crippen MR) is 40.8 cm³/mol. The first-order valence-corrected chi connectivity index (χ1v) is 3.70. The number of hydrogen-bond acceptors (Lipinski definition) is 5. The first-order valence-electron chi connectivity index (χ1n) is 3.70. The van der Waals surface area contributed by atoms with E-state index in [1.807, 2.05) is 0 Å². The number of aliphatic hydroxyl groups excluding tert-OH is 2. The minimum Gasteiger partial charge on any atom is -0.394 e. The minimum absolute atomic E-state index is 0.0301. The summed E-state index contributed by atoms with van der Waals surface area (Å²) in [5.74, 6) is 0.0301. The summed E-state index contributed by atoms with van der Waals surface area (Å²) in [5, 5.41) is 15.2. The number of ether oxygens (including phenoxy) is 2. The van der Waals surface area contributed by atoms with E-state index in [9.17, 15) is 4.79 Å². The second-order valence-electron chi connectivity index (χ2n) is 2.09. The van der Waals surface area contributed by atoms with Crippen molar-refractivity contribution in [3.63, 3.8) is 0 Å². The first-order chi connectivity index (χ1) is 5.81. The van der Waals surface area contributed by atoms with Crippen molar-refractivity contribution in [3.05, 3.63) is 0 Å². The normalized spacial score (nSPS) is 17.7. The van der Waals surface area contributed by atoms with Gasteiger partial charge in [0.25, 0.3) is 0 Å². The van der Waals surface area contributed by atoms with Gasteiger partial charge in [0, 0.05) is 0 Å². The molecule has 0 spiro atoms. The van der Waals surface area contributed by atoms with Gasteiger partial charge >= 0.3 is 0 Å². The molecule has 0 aliphatic carbocycles. The van der Waals surface area contributed by atoms with Crippen LogP contribution in [0.5, 0.6) is 0 Å². The van der Waals surface area contributed by atoms with Crippen LogP contribution in [0.1, 0.15) is 0 Å². The van der Waals surface area contributed by atoms with Crippen molar-refractivity contribution in [1.29, 1.82) is 0 Å². The zero-order valence-corrected chi connectivity index (χ0v) is 6.86. The molecule has 1 heterocycles. The van der Waals surface area contributed by atoms with Gasteiger partial charge in [0.05, 0.1) is 26.4 Å². The third-order valence-electron chi connectivity index (χ3n) is 0.998. The summed E-state index contributed by atoms with van der Waals surface area (Å²) in [5.41, 5.74) is 0. The van der Waals surface area contributed by atoms with Crippen LogP contribution in [0.2, 0.25) is 0 Å². The molecular formula is C7H14O5. The summed E-state index contributed by atoms with van der Waals surface area (Å²) in [7, 11) is 0. The maximum Gasteiger partial charge on any atom is 0.183 e. The highest BCUT2D eigenvalue weighted by atomic mass is 16.5. The topological polar surface area (TPSA) is 76.0 Å². The molecule has 0 amide bonds. The summed E-state index contributed by atoms with van der Waals surface area (Å²) in [6.45, 7) is 1.29. The second kappa shape index (κ2) is 8.61. The van der Waals surface area contributed by atoms with E-state index in [0.29, 0.717) is 13.2 Å².